The van der Waals surface area contributed by atoms with Crippen LogP contribution in [-0.4, -0.2) is 39.0 Å². The summed E-state index contributed by atoms with van der Waals surface area (Å²) in [5.74, 6) is -0.530. The lowest BCUT2D eigenvalue weighted by molar-refractivity contribution is -0.131. The van der Waals surface area contributed by atoms with Gasteiger partial charge in [-0.25, -0.2) is 5.10 Å². The van der Waals surface area contributed by atoms with E-state index in [-0.39, 0.29) is 35.3 Å². The van der Waals surface area contributed by atoms with Crippen molar-refractivity contribution in [1.82, 2.24) is 15.1 Å². The van der Waals surface area contributed by atoms with Crippen LogP contribution in [-0.2, 0) is 9.59 Å². The summed E-state index contributed by atoms with van der Waals surface area (Å²) < 4.78 is 0. The first-order chi connectivity index (χ1) is 12.2. The van der Waals surface area contributed by atoms with Gasteiger partial charge in [-0.2, -0.15) is 5.10 Å². The molecule has 7 heteroatoms. The van der Waals surface area contributed by atoms with Crippen LogP contribution in [0.2, 0.25) is 0 Å². The van der Waals surface area contributed by atoms with Gasteiger partial charge in [0.25, 0.3) is 5.56 Å². The molecule has 2 amide bonds. The number of carbonyl (C=O) groups excluding carboxylic acids is 2. The van der Waals surface area contributed by atoms with Crippen molar-refractivity contribution in [3.63, 3.8) is 0 Å². The minimum atomic E-state index is -0.364. The molecule has 1 aromatic heterocycles. The fraction of sp³-hybridized carbons (Fsp3) is 0.368. The maximum atomic E-state index is 12.6. The molecule has 2 heterocycles. The highest BCUT2D eigenvalue weighted by molar-refractivity contribution is 5.97. The van der Waals surface area contributed by atoms with Crippen LogP contribution in [0.25, 0.3) is 11.3 Å². The molecule has 1 unspecified atom stereocenters. The number of hydrogen-bond acceptors (Lipinski definition) is 4. The van der Waals surface area contributed by atoms with E-state index in [1.54, 1.807) is 29.2 Å². The van der Waals surface area contributed by atoms with E-state index >= 15 is 0 Å². The van der Waals surface area contributed by atoms with Crippen LogP contribution < -0.4 is 10.9 Å². The number of H-pyrrole nitrogens is 1. The van der Waals surface area contributed by atoms with Gasteiger partial charge in [-0.1, -0.05) is 12.1 Å². The summed E-state index contributed by atoms with van der Waals surface area (Å²) in [6.45, 7) is 6.32. The summed E-state index contributed by atoms with van der Waals surface area (Å²) in [5, 5.41) is 9.26. The summed E-state index contributed by atoms with van der Waals surface area (Å²) in [5.41, 5.74) is 1.45. The quantitative estimate of drug-likeness (QED) is 0.881. The lowest BCUT2D eigenvalue weighted by Gasteiger charge is -2.31. The minimum absolute atomic E-state index is 0.00356. The molecular formula is C19H22N4O3. The highest BCUT2D eigenvalue weighted by atomic mass is 16.2. The second-order valence-electron chi connectivity index (χ2n) is 7.45. The van der Waals surface area contributed by atoms with Gasteiger partial charge in [-0.05, 0) is 39.0 Å². The largest absolute Gasteiger partial charge is 0.337 e. The number of amides is 2. The van der Waals surface area contributed by atoms with Crippen LogP contribution in [0.3, 0.4) is 0 Å². The third kappa shape index (κ3) is 3.82. The Bertz CT molecular complexity index is 878. The Labute approximate surface area is 151 Å². The van der Waals surface area contributed by atoms with Crippen molar-refractivity contribution in [2.45, 2.75) is 32.7 Å². The number of carbonyl (C=O) groups is 2. The molecule has 3 rings (SSSR count). The fourth-order valence-electron chi connectivity index (χ4n) is 3.04. The second-order valence-corrected chi connectivity index (χ2v) is 7.45. The van der Waals surface area contributed by atoms with Crippen molar-refractivity contribution in [3.8, 4) is 11.3 Å². The van der Waals surface area contributed by atoms with E-state index < -0.39 is 0 Å². The number of likely N-dealkylation sites (tertiary alicyclic amines) is 1. The average molecular weight is 354 g/mol. The van der Waals surface area contributed by atoms with Crippen LogP contribution in [0.15, 0.2) is 41.2 Å². The molecule has 0 radical (unpaired) electrons. The van der Waals surface area contributed by atoms with E-state index in [1.807, 2.05) is 26.8 Å². The van der Waals surface area contributed by atoms with Crippen molar-refractivity contribution >= 4 is 17.5 Å². The zero-order valence-electron chi connectivity index (χ0n) is 15.1. The molecule has 1 aliphatic rings. The molecule has 136 valence electrons. The van der Waals surface area contributed by atoms with E-state index in [1.165, 1.54) is 6.07 Å². The minimum Gasteiger partial charge on any atom is -0.337 e. The van der Waals surface area contributed by atoms with E-state index in [4.69, 9.17) is 0 Å². The van der Waals surface area contributed by atoms with E-state index in [0.717, 1.165) is 5.56 Å². The predicted molar refractivity (Wildman–Crippen MR) is 98.5 cm³/mol. The Balaban J connectivity index is 1.72. The first-order valence-corrected chi connectivity index (χ1v) is 8.51. The number of aromatic nitrogens is 2. The smallest absolute Gasteiger partial charge is 0.264 e. The topological polar surface area (TPSA) is 95.2 Å². The SMILES string of the molecule is CC(C)(C)N1CC(C(=O)Nc2cccc(-c3ccc(=O)[nH]n3)c2)CC1=O. The number of rotatable bonds is 3. The van der Waals surface area contributed by atoms with Crippen LogP contribution in [0.5, 0.6) is 0 Å². The Morgan fingerprint density at radius 3 is 2.62 bits per heavy atom. The van der Waals surface area contributed by atoms with Crippen LogP contribution in [0, 0.1) is 5.92 Å². The maximum absolute atomic E-state index is 12.6. The summed E-state index contributed by atoms with van der Waals surface area (Å²) in [6.07, 6.45) is 0.226. The third-order valence-electron chi connectivity index (χ3n) is 4.41. The number of nitrogens with zero attached hydrogens (tertiary/aromatic N) is 2. The van der Waals surface area contributed by atoms with Crippen molar-refractivity contribution in [2.24, 2.45) is 5.92 Å². The Morgan fingerprint density at radius 1 is 1.23 bits per heavy atom. The Hall–Kier alpha value is -2.96. The van der Waals surface area contributed by atoms with Crippen LogP contribution in [0.4, 0.5) is 5.69 Å². The predicted octanol–water partition coefficient (Wildman–Crippen LogP) is 2.02. The highest BCUT2D eigenvalue weighted by Crippen LogP contribution is 2.27. The first-order valence-electron chi connectivity index (χ1n) is 8.51. The number of aromatic amines is 1. The fourth-order valence-corrected chi connectivity index (χ4v) is 3.04. The number of anilines is 1. The van der Waals surface area contributed by atoms with Gasteiger partial charge in [0.2, 0.25) is 11.8 Å². The first kappa shape index (κ1) is 17.8. The lowest BCUT2D eigenvalue weighted by Crippen LogP contribution is -2.42. The average Bonchev–Trinajstić information content (AvgIpc) is 2.98. The lowest BCUT2D eigenvalue weighted by atomic mass is 10.1. The van der Waals surface area contributed by atoms with Gasteiger partial charge < -0.3 is 10.2 Å². The van der Waals surface area contributed by atoms with Crippen molar-refractivity contribution < 1.29 is 9.59 Å². The molecule has 2 aromatic rings. The number of nitrogens with one attached hydrogen (secondary N) is 2. The molecular weight excluding hydrogens is 332 g/mol. The van der Waals surface area contributed by atoms with Gasteiger partial charge in [0.1, 0.15) is 0 Å². The molecule has 0 spiro atoms. The summed E-state index contributed by atoms with van der Waals surface area (Å²) in [6, 6.07) is 10.2. The monoisotopic (exact) mass is 354 g/mol. The van der Waals surface area contributed by atoms with Crippen LogP contribution >= 0.6 is 0 Å². The molecule has 2 N–H and O–H groups in total. The molecule has 0 bridgehead atoms. The third-order valence-corrected chi connectivity index (χ3v) is 4.41. The van der Waals surface area contributed by atoms with Crippen molar-refractivity contribution in [1.29, 1.82) is 0 Å². The maximum Gasteiger partial charge on any atom is 0.264 e. The Kier molecular flexibility index (Phi) is 4.63. The van der Waals surface area contributed by atoms with Crippen molar-refractivity contribution in [2.75, 3.05) is 11.9 Å². The number of benzene rings is 1. The zero-order chi connectivity index (χ0) is 18.9. The standard InChI is InChI=1S/C19H22N4O3/c1-19(2,3)23-11-13(10-17(23)25)18(26)20-14-6-4-5-12(9-14)15-7-8-16(24)22-21-15/h4-9,13H,10-11H2,1-3H3,(H,20,26)(H,22,24). The van der Waals surface area contributed by atoms with Gasteiger partial charge in [-0.3, -0.25) is 14.4 Å². The Morgan fingerprint density at radius 2 is 2.00 bits per heavy atom. The molecule has 26 heavy (non-hydrogen) atoms. The van der Waals surface area contributed by atoms with E-state index in [2.05, 4.69) is 15.5 Å². The molecule has 0 saturated carbocycles. The molecule has 1 atom stereocenters. The van der Waals surface area contributed by atoms with Gasteiger partial charge in [-0.15, -0.1) is 0 Å². The molecule has 1 aromatic carbocycles. The zero-order valence-corrected chi connectivity index (χ0v) is 15.1. The summed E-state index contributed by atoms with van der Waals surface area (Å²) in [7, 11) is 0. The van der Waals surface area contributed by atoms with E-state index in [9.17, 15) is 14.4 Å². The second kappa shape index (κ2) is 6.74. The molecule has 1 aliphatic heterocycles. The molecule has 7 nitrogen and oxygen atoms in total. The van der Waals surface area contributed by atoms with Gasteiger partial charge in [0.15, 0.2) is 0 Å². The number of hydrogen-bond donors (Lipinski definition) is 2. The molecule has 0 aliphatic carbocycles. The van der Waals surface area contributed by atoms with Gasteiger partial charge in [0.05, 0.1) is 11.6 Å². The summed E-state index contributed by atoms with van der Waals surface area (Å²) in [4.78, 5) is 37.6. The summed E-state index contributed by atoms with van der Waals surface area (Å²) >= 11 is 0. The molecule has 1 fully saturated rings. The van der Waals surface area contributed by atoms with Gasteiger partial charge in [0, 0.05) is 35.8 Å². The highest BCUT2D eigenvalue weighted by Gasteiger charge is 2.39. The normalized spacial score (nSPS) is 17.4. The molecule has 1 saturated heterocycles. The van der Waals surface area contributed by atoms with Crippen molar-refractivity contribution in [3.05, 3.63) is 46.8 Å². The van der Waals surface area contributed by atoms with Gasteiger partial charge >= 0.3 is 0 Å². The van der Waals surface area contributed by atoms with Crippen LogP contribution in [0.1, 0.15) is 27.2 Å². The van der Waals surface area contributed by atoms with E-state index in [0.29, 0.717) is 17.9 Å².